The second kappa shape index (κ2) is 9.48. The molecule has 4 heteroatoms. The SMILES string of the molecule is CCCCCCCC(C)(NCCOC)c1nc(C)cs1. The molecular weight excluding hydrogens is 268 g/mol. The fraction of sp³-hybridized carbons (Fsp3) is 0.812. The van der Waals surface area contributed by atoms with Gasteiger partial charge in [-0.25, -0.2) is 4.98 Å². The summed E-state index contributed by atoms with van der Waals surface area (Å²) in [7, 11) is 1.75. The zero-order valence-electron chi connectivity index (χ0n) is 13.5. The van der Waals surface area contributed by atoms with Crippen LogP contribution in [0.4, 0.5) is 0 Å². The van der Waals surface area contributed by atoms with Crippen LogP contribution in [0.2, 0.25) is 0 Å². The van der Waals surface area contributed by atoms with Crippen molar-refractivity contribution in [1.29, 1.82) is 0 Å². The Hall–Kier alpha value is -0.450. The number of aromatic nitrogens is 1. The lowest BCUT2D eigenvalue weighted by Gasteiger charge is -2.29. The number of rotatable bonds is 11. The van der Waals surface area contributed by atoms with Crippen LogP contribution >= 0.6 is 11.3 Å². The van der Waals surface area contributed by atoms with Crippen LogP contribution in [0.3, 0.4) is 0 Å². The van der Waals surface area contributed by atoms with Crippen LogP contribution in [0.5, 0.6) is 0 Å². The third-order valence-electron chi connectivity index (χ3n) is 3.69. The van der Waals surface area contributed by atoms with E-state index in [1.165, 1.54) is 37.1 Å². The molecule has 0 aliphatic heterocycles. The molecule has 0 radical (unpaired) electrons. The molecule has 0 saturated carbocycles. The molecule has 0 saturated heterocycles. The number of nitrogens with zero attached hydrogens (tertiary/aromatic N) is 1. The van der Waals surface area contributed by atoms with Crippen molar-refractivity contribution in [3.8, 4) is 0 Å². The molecule has 0 fully saturated rings. The van der Waals surface area contributed by atoms with Gasteiger partial charge in [-0.1, -0.05) is 39.0 Å². The maximum atomic E-state index is 5.16. The highest BCUT2D eigenvalue weighted by atomic mass is 32.1. The highest BCUT2D eigenvalue weighted by molar-refractivity contribution is 7.09. The molecule has 1 aromatic rings. The smallest absolute Gasteiger partial charge is 0.113 e. The molecule has 1 aromatic heterocycles. The van der Waals surface area contributed by atoms with Gasteiger partial charge < -0.3 is 10.1 Å². The van der Waals surface area contributed by atoms with Gasteiger partial charge in [-0.3, -0.25) is 0 Å². The predicted molar refractivity (Wildman–Crippen MR) is 87.5 cm³/mol. The molecule has 1 unspecified atom stereocenters. The fourth-order valence-corrected chi connectivity index (χ4v) is 3.36. The Bertz CT molecular complexity index is 367. The van der Waals surface area contributed by atoms with Gasteiger partial charge >= 0.3 is 0 Å². The Morgan fingerprint density at radius 3 is 2.65 bits per heavy atom. The van der Waals surface area contributed by atoms with E-state index in [1.807, 2.05) is 0 Å². The minimum absolute atomic E-state index is 0.0102. The van der Waals surface area contributed by atoms with Crippen LogP contribution < -0.4 is 5.32 Å². The first-order chi connectivity index (χ1) is 9.62. The quantitative estimate of drug-likeness (QED) is 0.620. The normalized spacial score (nSPS) is 14.4. The zero-order valence-corrected chi connectivity index (χ0v) is 14.3. The van der Waals surface area contributed by atoms with Gasteiger partial charge in [0, 0.05) is 24.7 Å². The van der Waals surface area contributed by atoms with E-state index < -0.39 is 0 Å². The Labute approximate surface area is 128 Å². The van der Waals surface area contributed by atoms with Crippen LogP contribution in [0.1, 0.15) is 63.1 Å². The summed E-state index contributed by atoms with van der Waals surface area (Å²) < 4.78 is 5.16. The Balaban J connectivity index is 2.54. The average Bonchev–Trinajstić information content (AvgIpc) is 2.86. The largest absolute Gasteiger partial charge is 0.383 e. The zero-order chi connectivity index (χ0) is 14.8. The molecule has 3 nitrogen and oxygen atoms in total. The van der Waals surface area contributed by atoms with Gasteiger partial charge in [0.25, 0.3) is 0 Å². The van der Waals surface area contributed by atoms with Crippen molar-refractivity contribution in [3.63, 3.8) is 0 Å². The van der Waals surface area contributed by atoms with Crippen LogP contribution in [-0.2, 0) is 10.3 Å². The second-order valence-corrected chi connectivity index (χ2v) is 6.57. The standard InChI is InChI=1S/C16H30N2OS/c1-5-6-7-8-9-10-16(3,17-11-12-19-4)15-18-14(2)13-20-15/h13,17H,5-12H2,1-4H3. The van der Waals surface area contributed by atoms with Crippen LogP contribution in [0.25, 0.3) is 0 Å². The minimum atomic E-state index is -0.0102. The minimum Gasteiger partial charge on any atom is -0.383 e. The number of aryl methyl sites for hydroxylation is 1. The predicted octanol–water partition coefficient (Wildman–Crippen LogP) is 4.26. The van der Waals surface area contributed by atoms with Crippen molar-refractivity contribution in [2.45, 2.75) is 64.8 Å². The monoisotopic (exact) mass is 298 g/mol. The average molecular weight is 298 g/mol. The van der Waals surface area contributed by atoms with Crippen molar-refractivity contribution in [2.75, 3.05) is 20.3 Å². The lowest BCUT2D eigenvalue weighted by atomic mass is 9.94. The summed E-state index contributed by atoms with van der Waals surface area (Å²) in [5, 5.41) is 6.99. The molecule has 0 amide bonds. The number of hydrogen-bond acceptors (Lipinski definition) is 4. The Morgan fingerprint density at radius 2 is 2.05 bits per heavy atom. The fourth-order valence-electron chi connectivity index (χ4n) is 2.39. The van der Waals surface area contributed by atoms with Gasteiger partial charge in [-0.15, -0.1) is 11.3 Å². The van der Waals surface area contributed by atoms with Crippen molar-refractivity contribution >= 4 is 11.3 Å². The molecule has 1 atom stereocenters. The molecule has 0 bridgehead atoms. The van der Waals surface area contributed by atoms with Crippen LogP contribution in [0, 0.1) is 6.92 Å². The van der Waals surface area contributed by atoms with Crippen LogP contribution in [-0.4, -0.2) is 25.2 Å². The maximum Gasteiger partial charge on any atom is 0.113 e. The van der Waals surface area contributed by atoms with Gasteiger partial charge in [0.2, 0.25) is 0 Å². The summed E-state index contributed by atoms with van der Waals surface area (Å²) in [6, 6.07) is 0. The first-order valence-electron chi connectivity index (χ1n) is 7.79. The van der Waals surface area contributed by atoms with E-state index in [-0.39, 0.29) is 5.54 Å². The maximum absolute atomic E-state index is 5.16. The highest BCUT2D eigenvalue weighted by Gasteiger charge is 2.28. The van der Waals surface area contributed by atoms with Crippen molar-refractivity contribution < 1.29 is 4.74 Å². The molecule has 116 valence electrons. The molecular formula is C16H30N2OS. The molecule has 1 N–H and O–H groups in total. The lowest BCUT2D eigenvalue weighted by molar-refractivity contribution is 0.183. The van der Waals surface area contributed by atoms with E-state index in [1.54, 1.807) is 18.4 Å². The third kappa shape index (κ3) is 5.90. The van der Waals surface area contributed by atoms with E-state index in [4.69, 9.17) is 9.72 Å². The number of unbranched alkanes of at least 4 members (excludes halogenated alkanes) is 4. The molecule has 0 aromatic carbocycles. The number of nitrogens with one attached hydrogen (secondary N) is 1. The van der Waals surface area contributed by atoms with Crippen molar-refractivity contribution in [2.24, 2.45) is 0 Å². The molecule has 0 aliphatic carbocycles. The van der Waals surface area contributed by atoms with E-state index in [9.17, 15) is 0 Å². The van der Waals surface area contributed by atoms with Gasteiger partial charge in [-0.05, 0) is 20.3 Å². The topological polar surface area (TPSA) is 34.1 Å². The number of methoxy groups -OCH3 is 1. The number of ether oxygens (including phenoxy) is 1. The second-order valence-electron chi connectivity index (χ2n) is 5.71. The molecule has 0 aliphatic rings. The van der Waals surface area contributed by atoms with E-state index in [2.05, 4.69) is 31.5 Å². The number of hydrogen-bond donors (Lipinski definition) is 1. The number of thiazole rings is 1. The van der Waals surface area contributed by atoms with E-state index in [0.717, 1.165) is 25.3 Å². The molecule has 1 rings (SSSR count). The van der Waals surface area contributed by atoms with Gasteiger partial charge in [0.1, 0.15) is 5.01 Å². The first kappa shape index (κ1) is 17.6. The first-order valence-corrected chi connectivity index (χ1v) is 8.67. The van der Waals surface area contributed by atoms with Gasteiger partial charge in [0.05, 0.1) is 12.1 Å². The summed E-state index contributed by atoms with van der Waals surface area (Å²) in [5.41, 5.74) is 1.11. The van der Waals surface area contributed by atoms with Crippen molar-refractivity contribution in [1.82, 2.24) is 10.3 Å². The van der Waals surface area contributed by atoms with Crippen molar-refractivity contribution in [3.05, 3.63) is 16.1 Å². The highest BCUT2D eigenvalue weighted by Crippen LogP contribution is 2.29. The Morgan fingerprint density at radius 1 is 1.30 bits per heavy atom. The lowest BCUT2D eigenvalue weighted by Crippen LogP contribution is -2.41. The Kier molecular flexibility index (Phi) is 8.34. The summed E-state index contributed by atoms with van der Waals surface area (Å²) in [5.74, 6) is 0. The summed E-state index contributed by atoms with van der Waals surface area (Å²) >= 11 is 1.77. The molecule has 0 spiro atoms. The summed E-state index contributed by atoms with van der Waals surface area (Å²) in [6.07, 6.45) is 7.73. The van der Waals surface area contributed by atoms with Crippen LogP contribution in [0.15, 0.2) is 5.38 Å². The summed E-state index contributed by atoms with van der Waals surface area (Å²) in [6.45, 7) is 8.22. The van der Waals surface area contributed by atoms with Gasteiger partial charge in [0.15, 0.2) is 0 Å². The third-order valence-corrected chi connectivity index (χ3v) is 4.92. The van der Waals surface area contributed by atoms with E-state index >= 15 is 0 Å². The molecule has 20 heavy (non-hydrogen) atoms. The summed E-state index contributed by atoms with van der Waals surface area (Å²) in [4.78, 5) is 4.69. The molecule has 1 heterocycles. The van der Waals surface area contributed by atoms with Gasteiger partial charge in [-0.2, -0.15) is 0 Å². The van der Waals surface area contributed by atoms with E-state index in [0.29, 0.717) is 0 Å².